The standard InChI is InChI=1S/C15H22BrNO2/c1-4-18-12-8-10(16)13-9(3)6-7-11(17)14(13)15(12)19-5-2/h8-9,11H,4-7,17H2,1-3H3/t9?,11-/m0/s1. The second kappa shape index (κ2) is 6.14. The number of benzene rings is 1. The summed E-state index contributed by atoms with van der Waals surface area (Å²) in [6.07, 6.45) is 2.11. The molecule has 3 nitrogen and oxygen atoms in total. The Morgan fingerprint density at radius 2 is 1.89 bits per heavy atom. The monoisotopic (exact) mass is 327 g/mol. The fraction of sp³-hybridized carbons (Fsp3) is 0.600. The molecule has 0 bridgehead atoms. The predicted molar refractivity (Wildman–Crippen MR) is 81.1 cm³/mol. The quantitative estimate of drug-likeness (QED) is 0.903. The van der Waals surface area contributed by atoms with Crippen molar-refractivity contribution in [1.82, 2.24) is 0 Å². The van der Waals surface area contributed by atoms with E-state index in [1.165, 1.54) is 5.56 Å². The molecular weight excluding hydrogens is 306 g/mol. The Morgan fingerprint density at radius 3 is 2.53 bits per heavy atom. The van der Waals surface area contributed by atoms with Gasteiger partial charge in [-0.25, -0.2) is 0 Å². The molecule has 1 aliphatic rings. The summed E-state index contributed by atoms with van der Waals surface area (Å²) in [5.74, 6) is 2.13. The summed E-state index contributed by atoms with van der Waals surface area (Å²) in [6.45, 7) is 7.45. The van der Waals surface area contributed by atoms with Gasteiger partial charge >= 0.3 is 0 Å². The minimum Gasteiger partial charge on any atom is -0.490 e. The molecule has 0 aliphatic heterocycles. The predicted octanol–water partition coefficient (Wildman–Crippen LogP) is 4.14. The topological polar surface area (TPSA) is 44.5 Å². The van der Waals surface area contributed by atoms with Gasteiger partial charge in [0.2, 0.25) is 0 Å². The Kier molecular flexibility index (Phi) is 4.74. The Bertz CT molecular complexity index is 462. The number of nitrogens with two attached hydrogens (primary N) is 1. The van der Waals surface area contributed by atoms with E-state index in [4.69, 9.17) is 15.2 Å². The average Bonchev–Trinajstić information content (AvgIpc) is 2.37. The molecule has 0 spiro atoms. The average molecular weight is 328 g/mol. The van der Waals surface area contributed by atoms with Crippen LogP contribution < -0.4 is 15.2 Å². The maximum Gasteiger partial charge on any atom is 0.166 e. The third kappa shape index (κ3) is 2.75. The van der Waals surface area contributed by atoms with Gasteiger partial charge < -0.3 is 15.2 Å². The Labute approximate surface area is 123 Å². The first-order valence-electron chi connectivity index (χ1n) is 6.97. The van der Waals surface area contributed by atoms with Crippen molar-refractivity contribution in [3.63, 3.8) is 0 Å². The lowest BCUT2D eigenvalue weighted by Crippen LogP contribution is -2.21. The molecule has 0 saturated carbocycles. The van der Waals surface area contributed by atoms with E-state index in [0.29, 0.717) is 19.1 Å². The third-order valence-electron chi connectivity index (χ3n) is 3.64. The van der Waals surface area contributed by atoms with Gasteiger partial charge in [0, 0.05) is 16.1 Å². The first-order valence-corrected chi connectivity index (χ1v) is 7.76. The van der Waals surface area contributed by atoms with Crippen molar-refractivity contribution >= 4 is 15.9 Å². The van der Waals surface area contributed by atoms with Gasteiger partial charge in [0.1, 0.15) is 0 Å². The first kappa shape index (κ1) is 14.7. The zero-order valence-corrected chi connectivity index (χ0v) is 13.4. The molecule has 2 atom stereocenters. The van der Waals surface area contributed by atoms with Crippen molar-refractivity contribution in [2.45, 2.75) is 45.6 Å². The Hall–Kier alpha value is -0.740. The van der Waals surface area contributed by atoms with E-state index in [2.05, 4.69) is 22.9 Å². The molecule has 0 amide bonds. The number of hydrogen-bond donors (Lipinski definition) is 1. The van der Waals surface area contributed by atoms with Gasteiger partial charge in [-0.2, -0.15) is 0 Å². The first-order chi connectivity index (χ1) is 9.10. The van der Waals surface area contributed by atoms with Crippen LogP contribution in [-0.4, -0.2) is 13.2 Å². The van der Waals surface area contributed by atoms with Crippen molar-refractivity contribution in [3.05, 3.63) is 21.7 Å². The summed E-state index contributed by atoms with van der Waals surface area (Å²) >= 11 is 3.66. The Morgan fingerprint density at radius 1 is 1.21 bits per heavy atom. The van der Waals surface area contributed by atoms with Crippen molar-refractivity contribution in [3.8, 4) is 11.5 Å². The largest absolute Gasteiger partial charge is 0.490 e. The van der Waals surface area contributed by atoms with Gasteiger partial charge in [0.25, 0.3) is 0 Å². The molecule has 1 aromatic rings. The van der Waals surface area contributed by atoms with Crippen LogP contribution in [0.5, 0.6) is 11.5 Å². The third-order valence-corrected chi connectivity index (χ3v) is 4.29. The van der Waals surface area contributed by atoms with Gasteiger partial charge in [0.05, 0.1) is 13.2 Å². The molecule has 0 saturated heterocycles. The molecule has 1 aromatic carbocycles. The van der Waals surface area contributed by atoms with Crippen LogP contribution in [0.15, 0.2) is 10.5 Å². The second-order valence-corrected chi connectivity index (χ2v) is 5.82. The number of ether oxygens (including phenoxy) is 2. The van der Waals surface area contributed by atoms with E-state index in [9.17, 15) is 0 Å². The minimum atomic E-state index is 0.0319. The second-order valence-electron chi connectivity index (χ2n) is 4.96. The van der Waals surface area contributed by atoms with Gasteiger partial charge in [-0.3, -0.25) is 0 Å². The highest BCUT2D eigenvalue weighted by Crippen LogP contribution is 2.48. The van der Waals surface area contributed by atoms with Crippen molar-refractivity contribution in [1.29, 1.82) is 0 Å². The van der Waals surface area contributed by atoms with Crippen LogP contribution in [0.25, 0.3) is 0 Å². The number of rotatable bonds is 4. The van der Waals surface area contributed by atoms with Gasteiger partial charge in [-0.1, -0.05) is 22.9 Å². The normalized spacial score (nSPS) is 21.9. The van der Waals surface area contributed by atoms with E-state index in [0.717, 1.165) is 34.4 Å². The molecule has 1 aliphatic carbocycles. The summed E-state index contributed by atoms with van der Waals surface area (Å²) in [5, 5.41) is 0. The molecule has 0 heterocycles. The van der Waals surface area contributed by atoms with Crippen molar-refractivity contribution in [2.75, 3.05) is 13.2 Å². The fourth-order valence-electron chi connectivity index (χ4n) is 2.79. The summed E-state index contributed by atoms with van der Waals surface area (Å²) in [6, 6.07) is 2.05. The fourth-order valence-corrected chi connectivity index (χ4v) is 3.60. The van der Waals surface area contributed by atoms with Crippen LogP contribution >= 0.6 is 15.9 Å². The molecule has 2 rings (SSSR count). The molecular formula is C15H22BrNO2. The highest BCUT2D eigenvalue weighted by molar-refractivity contribution is 9.10. The molecule has 4 heteroatoms. The van der Waals surface area contributed by atoms with Crippen LogP contribution in [-0.2, 0) is 0 Å². The van der Waals surface area contributed by atoms with Gasteiger partial charge in [-0.05, 0) is 44.2 Å². The van der Waals surface area contributed by atoms with E-state index in [1.807, 2.05) is 19.9 Å². The number of hydrogen-bond acceptors (Lipinski definition) is 3. The molecule has 0 aromatic heterocycles. The van der Waals surface area contributed by atoms with Crippen molar-refractivity contribution in [2.24, 2.45) is 5.73 Å². The van der Waals surface area contributed by atoms with Gasteiger partial charge in [0.15, 0.2) is 11.5 Å². The summed E-state index contributed by atoms with van der Waals surface area (Å²) < 4.78 is 12.6. The zero-order valence-electron chi connectivity index (χ0n) is 11.8. The van der Waals surface area contributed by atoms with E-state index >= 15 is 0 Å². The van der Waals surface area contributed by atoms with Crippen LogP contribution in [0.4, 0.5) is 0 Å². The van der Waals surface area contributed by atoms with E-state index in [-0.39, 0.29) is 6.04 Å². The SMILES string of the molecule is CCOc1cc(Br)c2c(c1OCC)[C@@H](N)CCC2C. The molecule has 19 heavy (non-hydrogen) atoms. The van der Waals surface area contributed by atoms with Crippen LogP contribution in [0.3, 0.4) is 0 Å². The highest BCUT2D eigenvalue weighted by atomic mass is 79.9. The maximum absolute atomic E-state index is 6.32. The van der Waals surface area contributed by atoms with Crippen molar-refractivity contribution < 1.29 is 9.47 Å². The molecule has 0 fully saturated rings. The van der Waals surface area contributed by atoms with Crippen LogP contribution in [0.1, 0.15) is 56.7 Å². The molecule has 1 unspecified atom stereocenters. The molecule has 106 valence electrons. The molecule has 2 N–H and O–H groups in total. The van der Waals surface area contributed by atoms with Gasteiger partial charge in [-0.15, -0.1) is 0 Å². The van der Waals surface area contributed by atoms with E-state index in [1.54, 1.807) is 0 Å². The Balaban J connectivity index is 2.62. The lowest BCUT2D eigenvalue weighted by Gasteiger charge is -2.31. The lowest BCUT2D eigenvalue weighted by atomic mass is 9.80. The zero-order chi connectivity index (χ0) is 14.0. The van der Waals surface area contributed by atoms with Crippen LogP contribution in [0, 0.1) is 0 Å². The van der Waals surface area contributed by atoms with E-state index < -0.39 is 0 Å². The summed E-state index contributed by atoms with van der Waals surface area (Å²) in [4.78, 5) is 0. The maximum atomic E-state index is 6.32. The lowest BCUT2D eigenvalue weighted by molar-refractivity contribution is 0.280. The van der Waals surface area contributed by atoms with Crippen LogP contribution in [0.2, 0.25) is 0 Å². The number of fused-ring (bicyclic) bond motifs is 1. The summed E-state index contributed by atoms with van der Waals surface area (Å²) in [5.41, 5.74) is 8.72. The highest BCUT2D eigenvalue weighted by Gasteiger charge is 2.30. The number of halogens is 1. The smallest absolute Gasteiger partial charge is 0.166 e. The minimum absolute atomic E-state index is 0.0319. The summed E-state index contributed by atoms with van der Waals surface area (Å²) in [7, 11) is 0. The molecule has 0 radical (unpaired) electrons.